The van der Waals surface area contributed by atoms with Crippen LogP contribution in [-0.2, 0) is 9.53 Å². The van der Waals surface area contributed by atoms with Gasteiger partial charge in [-0.25, -0.2) is 4.79 Å². The Morgan fingerprint density at radius 3 is 2.50 bits per heavy atom. The van der Waals surface area contributed by atoms with E-state index in [1.54, 1.807) is 42.5 Å². The smallest absolute Gasteiger partial charge is 0.339 e. The molecule has 0 spiro atoms. The van der Waals surface area contributed by atoms with E-state index in [1.165, 1.54) is 0 Å². The molecule has 1 aliphatic heterocycles. The molecule has 30 heavy (non-hydrogen) atoms. The second kappa shape index (κ2) is 8.29. The van der Waals surface area contributed by atoms with Crippen molar-refractivity contribution in [3.63, 3.8) is 0 Å². The third-order valence-electron chi connectivity index (χ3n) is 4.82. The van der Waals surface area contributed by atoms with Crippen LogP contribution in [0.25, 0.3) is 0 Å². The molecule has 0 unspecified atom stereocenters. The monoisotopic (exact) mass is 403 g/mol. The molecule has 1 heterocycles. The summed E-state index contributed by atoms with van der Waals surface area (Å²) < 4.78 is 16.2. The Bertz CT molecular complexity index is 1090. The number of fused-ring (bicyclic) bond motifs is 1. The van der Waals surface area contributed by atoms with Crippen LogP contribution < -0.4 is 14.8 Å². The van der Waals surface area contributed by atoms with Crippen molar-refractivity contribution in [1.29, 1.82) is 0 Å². The van der Waals surface area contributed by atoms with E-state index in [2.05, 4.69) is 5.32 Å². The second-order valence-corrected chi connectivity index (χ2v) is 7.07. The maximum atomic E-state index is 13.1. The molecule has 0 aromatic heterocycles. The standard InChI is InChI=1S/C24H21NO5/c1-15-8-9-16(2)19(12-15)25-23(26)22(17-6-4-3-5-7-17)30-24(27)18-10-11-20-21(13-18)29-14-28-20/h3-13,22H,14H2,1-2H3,(H,25,26)/t22-/m1/s1. The largest absolute Gasteiger partial charge is 0.454 e. The third kappa shape index (κ3) is 4.12. The van der Waals surface area contributed by atoms with Crippen molar-refractivity contribution in [2.45, 2.75) is 20.0 Å². The number of hydrogen-bond acceptors (Lipinski definition) is 5. The van der Waals surface area contributed by atoms with Gasteiger partial charge in [0.05, 0.1) is 5.56 Å². The summed E-state index contributed by atoms with van der Waals surface area (Å²) >= 11 is 0. The lowest BCUT2D eigenvalue weighted by Gasteiger charge is -2.19. The molecule has 1 N–H and O–H groups in total. The predicted molar refractivity (Wildman–Crippen MR) is 112 cm³/mol. The van der Waals surface area contributed by atoms with E-state index in [0.29, 0.717) is 22.7 Å². The van der Waals surface area contributed by atoms with Gasteiger partial charge in [0.15, 0.2) is 11.5 Å². The molecule has 152 valence electrons. The Labute approximate surface area is 174 Å². The molecule has 0 fully saturated rings. The zero-order chi connectivity index (χ0) is 21.1. The molecule has 1 amide bonds. The van der Waals surface area contributed by atoms with Gasteiger partial charge in [0, 0.05) is 11.3 Å². The zero-order valence-electron chi connectivity index (χ0n) is 16.7. The van der Waals surface area contributed by atoms with Gasteiger partial charge in [-0.1, -0.05) is 42.5 Å². The number of hydrogen-bond donors (Lipinski definition) is 1. The Morgan fingerprint density at radius 2 is 1.70 bits per heavy atom. The summed E-state index contributed by atoms with van der Waals surface area (Å²) in [7, 11) is 0. The van der Waals surface area contributed by atoms with Crippen molar-refractivity contribution in [2.24, 2.45) is 0 Å². The average molecular weight is 403 g/mol. The highest BCUT2D eigenvalue weighted by molar-refractivity contribution is 5.98. The normalized spacial score (nSPS) is 12.9. The van der Waals surface area contributed by atoms with E-state index in [9.17, 15) is 9.59 Å². The van der Waals surface area contributed by atoms with Gasteiger partial charge in [0.2, 0.25) is 12.9 Å². The van der Waals surface area contributed by atoms with Gasteiger partial charge in [0.1, 0.15) is 0 Å². The minimum atomic E-state index is -1.11. The van der Waals surface area contributed by atoms with E-state index in [4.69, 9.17) is 14.2 Å². The third-order valence-corrected chi connectivity index (χ3v) is 4.82. The van der Waals surface area contributed by atoms with Crippen LogP contribution in [0.1, 0.15) is 33.2 Å². The minimum absolute atomic E-state index is 0.110. The van der Waals surface area contributed by atoms with E-state index in [1.807, 2.05) is 38.1 Å². The minimum Gasteiger partial charge on any atom is -0.454 e. The van der Waals surface area contributed by atoms with Crippen LogP contribution in [0, 0.1) is 13.8 Å². The van der Waals surface area contributed by atoms with Crippen LogP contribution in [-0.4, -0.2) is 18.7 Å². The lowest BCUT2D eigenvalue weighted by Crippen LogP contribution is -2.26. The van der Waals surface area contributed by atoms with Crippen molar-refractivity contribution in [2.75, 3.05) is 12.1 Å². The summed E-state index contributed by atoms with van der Waals surface area (Å²) in [6, 6.07) is 19.5. The number of amides is 1. The first-order valence-electron chi connectivity index (χ1n) is 9.55. The maximum absolute atomic E-state index is 13.1. The van der Waals surface area contributed by atoms with Gasteiger partial charge in [-0.3, -0.25) is 4.79 Å². The molecule has 0 saturated carbocycles. The number of aryl methyl sites for hydroxylation is 2. The van der Waals surface area contributed by atoms with Crippen molar-refractivity contribution in [3.8, 4) is 11.5 Å². The number of anilines is 1. The number of ether oxygens (including phenoxy) is 3. The fourth-order valence-electron chi connectivity index (χ4n) is 3.17. The van der Waals surface area contributed by atoms with E-state index in [-0.39, 0.29) is 12.4 Å². The molecule has 6 heteroatoms. The first kappa shape index (κ1) is 19.5. The number of carbonyl (C=O) groups is 2. The van der Waals surface area contributed by atoms with Gasteiger partial charge >= 0.3 is 5.97 Å². The fourth-order valence-corrected chi connectivity index (χ4v) is 3.17. The van der Waals surface area contributed by atoms with Gasteiger partial charge in [-0.2, -0.15) is 0 Å². The van der Waals surface area contributed by atoms with E-state index < -0.39 is 18.0 Å². The molecule has 0 aliphatic carbocycles. The van der Waals surface area contributed by atoms with Crippen LogP contribution in [0.3, 0.4) is 0 Å². The average Bonchev–Trinajstić information content (AvgIpc) is 3.23. The predicted octanol–water partition coefficient (Wildman–Crippen LogP) is 4.57. The molecule has 0 radical (unpaired) electrons. The quantitative estimate of drug-likeness (QED) is 0.632. The van der Waals surface area contributed by atoms with Crippen molar-refractivity contribution < 1.29 is 23.8 Å². The Hall–Kier alpha value is -3.80. The van der Waals surface area contributed by atoms with Crippen molar-refractivity contribution in [3.05, 3.63) is 89.0 Å². The lowest BCUT2D eigenvalue weighted by molar-refractivity contribution is -0.125. The summed E-state index contributed by atoms with van der Waals surface area (Å²) in [6.07, 6.45) is -1.11. The second-order valence-electron chi connectivity index (χ2n) is 7.07. The Balaban J connectivity index is 1.59. The highest BCUT2D eigenvalue weighted by Crippen LogP contribution is 2.33. The molecular weight excluding hydrogens is 382 g/mol. The molecule has 3 aromatic rings. The van der Waals surface area contributed by atoms with Crippen LogP contribution in [0.15, 0.2) is 66.7 Å². The maximum Gasteiger partial charge on any atom is 0.339 e. The molecule has 0 saturated heterocycles. The van der Waals surface area contributed by atoms with Gasteiger partial charge in [-0.05, 0) is 49.2 Å². The molecule has 6 nitrogen and oxygen atoms in total. The fraction of sp³-hybridized carbons (Fsp3) is 0.167. The SMILES string of the molecule is Cc1ccc(C)c(NC(=O)[C@H](OC(=O)c2ccc3c(c2)OCO3)c2ccccc2)c1. The van der Waals surface area contributed by atoms with Crippen LogP contribution in [0.4, 0.5) is 5.69 Å². The van der Waals surface area contributed by atoms with Gasteiger partial charge < -0.3 is 19.5 Å². The van der Waals surface area contributed by atoms with Gasteiger partial charge in [-0.15, -0.1) is 0 Å². The van der Waals surface area contributed by atoms with Crippen molar-refractivity contribution in [1.82, 2.24) is 0 Å². The van der Waals surface area contributed by atoms with Gasteiger partial charge in [0.25, 0.3) is 5.91 Å². The first-order chi connectivity index (χ1) is 14.5. The van der Waals surface area contributed by atoms with Crippen LogP contribution in [0.5, 0.6) is 11.5 Å². The Morgan fingerprint density at radius 1 is 0.933 bits per heavy atom. The number of carbonyl (C=O) groups excluding carboxylic acids is 2. The van der Waals surface area contributed by atoms with E-state index in [0.717, 1.165) is 11.1 Å². The Kier molecular flexibility index (Phi) is 5.39. The summed E-state index contributed by atoms with van der Waals surface area (Å²) in [6.45, 7) is 3.97. The summed E-state index contributed by atoms with van der Waals surface area (Å²) in [5.74, 6) is -0.0124. The van der Waals surface area contributed by atoms with E-state index >= 15 is 0 Å². The number of benzene rings is 3. The lowest BCUT2D eigenvalue weighted by atomic mass is 10.1. The summed E-state index contributed by atoms with van der Waals surface area (Å²) in [5.41, 5.74) is 3.47. The molecule has 1 aliphatic rings. The van der Waals surface area contributed by atoms with Crippen molar-refractivity contribution >= 4 is 17.6 Å². The number of esters is 1. The zero-order valence-corrected chi connectivity index (χ0v) is 16.7. The first-order valence-corrected chi connectivity index (χ1v) is 9.55. The number of rotatable bonds is 5. The van der Waals surface area contributed by atoms with Crippen LogP contribution in [0.2, 0.25) is 0 Å². The molecular formula is C24H21NO5. The highest BCUT2D eigenvalue weighted by Gasteiger charge is 2.27. The van der Waals surface area contributed by atoms with Crippen LogP contribution >= 0.6 is 0 Å². The summed E-state index contributed by atoms with van der Waals surface area (Å²) in [4.78, 5) is 25.9. The summed E-state index contributed by atoms with van der Waals surface area (Å²) in [5, 5.41) is 2.89. The number of nitrogens with one attached hydrogen (secondary N) is 1. The molecule has 3 aromatic carbocycles. The highest BCUT2D eigenvalue weighted by atomic mass is 16.7. The molecule has 4 rings (SSSR count). The molecule has 0 bridgehead atoms. The molecule has 1 atom stereocenters. The topological polar surface area (TPSA) is 73.9 Å².